The van der Waals surface area contributed by atoms with Gasteiger partial charge in [0.25, 0.3) is 0 Å². The van der Waals surface area contributed by atoms with Crippen molar-refractivity contribution in [2.45, 2.75) is 6.92 Å². The first-order valence-electron chi connectivity index (χ1n) is 3.82. The fourth-order valence-corrected chi connectivity index (χ4v) is 0.469. The molecule has 0 amide bonds. The Morgan fingerprint density at radius 3 is 2.46 bits per heavy atom. The lowest BCUT2D eigenvalue weighted by molar-refractivity contribution is -0.116. The largest absolute Gasteiger partial charge is 0.384 e. The normalized spacial score (nSPS) is 9.46. The molecule has 0 aromatic carbocycles. The molecular weight excluding hydrogens is 186 g/mol. The summed E-state index contributed by atoms with van der Waals surface area (Å²) in [5.74, 6) is 0.127. The maximum Gasteiger partial charge on any atom is 0.148 e. The van der Waals surface area contributed by atoms with Crippen molar-refractivity contribution in [1.82, 2.24) is 5.32 Å². The minimum absolute atomic E-state index is 0.127. The minimum atomic E-state index is 0.127. The molecular formula is C10H16ClNO. The Labute approximate surface area is 85.0 Å². The summed E-state index contributed by atoms with van der Waals surface area (Å²) in [6.07, 6.45) is 10.3. The molecule has 1 N–H and O–H groups in total. The standard InChI is InChI=1S/C9H13NO.CH3Cl/c1-3-4-5-6-7-10-8-9(2)11;1-2/h3-7,10H,1,8H2,2H3;1H3/b5-4-,7-6-;. The number of carbonyl (C=O) groups is 1. The van der Waals surface area contributed by atoms with Gasteiger partial charge in [-0.3, -0.25) is 4.79 Å². The van der Waals surface area contributed by atoms with Crippen molar-refractivity contribution >= 4 is 17.4 Å². The molecule has 0 aromatic heterocycles. The Hall–Kier alpha value is -1.02. The number of ketones is 1. The summed E-state index contributed by atoms with van der Waals surface area (Å²) in [5, 5.41) is 2.83. The summed E-state index contributed by atoms with van der Waals surface area (Å²) in [5.41, 5.74) is 0. The Kier molecular flexibility index (Phi) is 15.1. The molecule has 0 aliphatic carbocycles. The van der Waals surface area contributed by atoms with Gasteiger partial charge in [-0.05, 0) is 19.2 Å². The van der Waals surface area contributed by atoms with Crippen molar-refractivity contribution < 1.29 is 4.79 Å². The second-order valence-corrected chi connectivity index (χ2v) is 2.06. The molecule has 13 heavy (non-hydrogen) atoms. The van der Waals surface area contributed by atoms with Gasteiger partial charge in [-0.15, -0.1) is 11.6 Å². The van der Waals surface area contributed by atoms with Crippen molar-refractivity contribution in [2.24, 2.45) is 0 Å². The second-order valence-electron chi connectivity index (χ2n) is 2.06. The molecule has 0 unspecified atom stereocenters. The van der Waals surface area contributed by atoms with Crippen LogP contribution >= 0.6 is 11.6 Å². The summed E-state index contributed by atoms with van der Waals surface area (Å²) in [6, 6.07) is 0. The number of allylic oxidation sites excluding steroid dienone is 4. The fourth-order valence-electron chi connectivity index (χ4n) is 0.469. The first-order valence-corrected chi connectivity index (χ1v) is 4.58. The first-order chi connectivity index (χ1) is 6.27. The smallest absolute Gasteiger partial charge is 0.148 e. The summed E-state index contributed by atoms with van der Waals surface area (Å²) in [6.45, 7) is 5.44. The van der Waals surface area contributed by atoms with Crippen LogP contribution in [0.25, 0.3) is 0 Å². The van der Waals surface area contributed by atoms with Crippen LogP contribution in [0.3, 0.4) is 0 Å². The third-order valence-corrected chi connectivity index (χ3v) is 0.923. The first kappa shape index (κ1) is 14.5. The third-order valence-electron chi connectivity index (χ3n) is 0.923. The van der Waals surface area contributed by atoms with Crippen molar-refractivity contribution in [1.29, 1.82) is 0 Å². The summed E-state index contributed by atoms with van der Waals surface area (Å²) in [7, 11) is 0. The van der Waals surface area contributed by atoms with E-state index in [1.807, 2.05) is 18.2 Å². The maximum absolute atomic E-state index is 10.4. The highest BCUT2D eigenvalue weighted by Gasteiger charge is 1.84. The van der Waals surface area contributed by atoms with E-state index in [0.717, 1.165) is 0 Å². The van der Waals surface area contributed by atoms with E-state index >= 15 is 0 Å². The van der Waals surface area contributed by atoms with Crippen molar-refractivity contribution in [3.63, 3.8) is 0 Å². The molecule has 0 aliphatic heterocycles. The van der Waals surface area contributed by atoms with Crippen LogP contribution in [-0.4, -0.2) is 18.7 Å². The van der Waals surface area contributed by atoms with Crippen LogP contribution in [0.5, 0.6) is 0 Å². The van der Waals surface area contributed by atoms with Gasteiger partial charge in [0.1, 0.15) is 5.78 Å². The van der Waals surface area contributed by atoms with E-state index < -0.39 is 0 Å². The van der Waals surface area contributed by atoms with Gasteiger partial charge in [-0.25, -0.2) is 0 Å². The zero-order valence-electron chi connectivity index (χ0n) is 8.09. The Morgan fingerprint density at radius 1 is 1.38 bits per heavy atom. The number of carbonyl (C=O) groups excluding carboxylic acids is 1. The van der Waals surface area contributed by atoms with Gasteiger partial charge in [0.15, 0.2) is 0 Å². The fraction of sp³-hybridized carbons (Fsp3) is 0.300. The van der Waals surface area contributed by atoms with Crippen LogP contribution < -0.4 is 5.32 Å². The number of hydrogen-bond acceptors (Lipinski definition) is 2. The molecule has 0 spiro atoms. The predicted octanol–water partition coefficient (Wildman–Crippen LogP) is 2.28. The highest BCUT2D eigenvalue weighted by atomic mass is 35.5. The number of alkyl halides is 1. The Balaban J connectivity index is 0. The van der Waals surface area contributed by atoms with Gasteiger partial charge in [0, 0.05) is 6.38 Å². The van der Waals surface area contributed by atoms with Crippen LogP contribution in [0.2, 0.25) is 0 Å². The molecule has 0 bridgehead atoms. The average Bonchev–Trinajstić information content (AvgIpc) is 2.14. The van der Waals surface area contributed by atoms with Crippen LogP contribution in [0.15, 0.2) is 37.1 Å². The van der Waals surface area contributed by atoms with Gasteiger partial charge in [0.2, 0.25) is 0 Å². The molecule has 0 aromatic rings. The van der Waals surface area contributed by atoms with Crippen molar-refractivity contribution in [2.75, 3.05) is 12.9 Å². The lowest BCUT2D eigenvalue weighted by Crippen LogP contribution is -2.14. The number of Topliss-reactive ketones (excluding diaryl/α,β-unsaturated/α-hetero) is 1. The lowest BCUT2D eigenvalue weighted by atomic mass is 10.4. The molecule has 0 atom stereocenters. The van der Waals surface area contributed by atoms with E-state index in [9.17, 15) is 4.79 Å². The summed E-state index contributed by atoms with van der Waals surface area (Å²) in [4.78, 5) is 10.4. The molecule has 0 rings (SSSR count). The van der Waals surface area contributed by atoms with E-state index in [4.69, 9.17) is 0 Å². The van der Waals surface area contributed by atoms with Crippen molar-refractivity contribution in [3.05, 3.63) is 37.1 Å². The zero-order chi connectivity index (χ0) is 10.5. The molecule has 0 aliphatic rings. The van der Waals surface area contributed by atoms with Gasteiger partial charge in [0.05, 0.1) is 6.54 Å². The number of nitrogens with one attached hydrogen (secondary N) is 1. The van der Waals surface area contributed by atoms with Crippen LogP contribution in [0, 0.1) is 0 Å². The van der Waals surface area contributed by atoms with Gasteiger partial charge < -0.3 is 5.32 Å². The second kappa shape index (κ2) is 13.6. The Bertz CT molecular complexity index is 185. The molecule has 0 saturated carbocycles. The van der Waals surface area contributed by atoms with E-state index in [2.05, 4.69) is 23.5 Å². The van der Waals surface area contributed by atoms with E-state index in [1.54, 1.807) is 19.2 Å². The molecule has 2 nitrogen and oxygen atoms in total. The maximum atomic E-state index is 10.4. The minimum Gasteiger partial charge on any atom is -0.384 e. The monoisotopic (exact) mass is 201 g/mol. The quantitative estimate of drug-likeness (QED) is 0.546. The molecule has 0 saturated heterocycles. The van der Waals surface area contributed by atoms with Crippen LogP contribution in [0.4, 0.5) is 0 Å². The lowest BCUT2D eigenvalue weighted by Gasteiger charge is -1.91. The van der Waals surface area contributed by atoms with Gasteiger partial charge >= 0.3 is 0 Å². The molecule has 74 valence electrons. The summed E-state index contributed by atoms with van der Waals surface area (Å²) < 4.78 is 0. The molecule has 0 radical (unpaired) electrons. The third kappa shape index (κ3) is 18.2. The highest BCUT2D eigenvalue weighted by molar-refractivity contribution is 6.15. The number of halogens is 1. The molecule has 0 fully saturated rings. The predicted molar refractivity (Wildman–Crippen MR) is 58.9 cm³/mol. The van der Waals surface area contributed by atoms with Crippen LogP contribution in [-0.2, 0) is 4.79 Å². The zero-order valence-corrected chi connectivity index (χ0v) is 8.84. The molecule has 0 heterocycles. The van der Waals surface area contributed by atoms with Crippen molar-refractivity contribution in [3.8, 4) is 0 Å². The van der Waals surface area contributed by atoms with Gasteiger partial charge in [-0.1, -0.05) is 24.8 Å². The van der Waals surface area contributed by atoms with E-state index in [0.29, 0.717) is 6.54 Å². The average molecular weight is 202 g/mol. The SMILES string of the molecule is C=C/C=C\C=C/NCC(C)=O.CCl. The summed E-state index contributed by atoms with van der Waals surface area (Å²) >= 11 is 4.64. The Morgan fingerprint density at radius 2 is 2.00 bits per heavy atom. The van der Waals surface area contributed by atoms with Crippen LogP contribution in [0.1, 0.15) is 6.92 Å². The van der Waals surface area contributed by atoms with E-state index in [1.165, 1.54) is 6.38 Å². The van der Waals surface area contributed by atoms with Gasteiger partial charge in [-0.2, -0.15) is 0 Å². The van der Waals surface area contributed by atoms with E-state index in [-0.39, 0.29) is 5.78 Å². The number of rotatable bonds is 5. The highest BCUT2D eigenvalue weighted by Crippen LogP contribution is 1.75. The molecule has 3 heteroatoms. The topological polar surface area (TPSA) is 29.1 Å². The number of hydrogen-bond donors (Lipinski definition) is 1.